The van der Waals surface area contributed by atoms with E-state index in [0.717, 1.165) is 19.3 Å². The van der Waals surface area contributed by atoms with Crippen molar-refractivity contribution in [2.24, 2.45) is 11.7 Å². The van der Waals surface area contributed by atoms with E-state index in [9.17, 15) is 13.6 Å². The standard InChI is InChI=1S/C15H22F2N2OS/c1-10(4-3-5-11(2)18)14(20)19-12-6-8-13(9-7-12)21-15(16)17/h6-11,15H,3-5,18H2,1-2H3,(H,19,20). The molecule has 2 unspecified atom stereocenters. The Kier molecular flexibility index (Phi) is 7.67. The number of alkyl halides is 2. The van der Waals surface area contributed by atoms with E-state index in [4.69, 9.17) is 5.73 Å². The van der Waals surface area contributed by atoms with Crippen LogP contribution in [0.4, 0.5) is 14.5 Å². The smallest absolute Gasteiger partial charge is 0.288 e. The fourth-order valence-electron chi connectivity index (χ4n) is 1.86. The molecule has 1 rings (SSSR count). The van der Waals surface area contributed by atoms with Crippen molar-refractivity contribution >= 4 is 23.4 Å². The van der Waals surface area contributed by atoms with Gasteiger partial charge in [0, 0.05) is 22.5 Å². The Morgan fingerprint density at radius 3 is 2.38 bits per heavy atom. The molecule has 1 aromatic rings. The first-order valence-electron chi connectivity index (χ1n) is 6.99. The van der Waals surface area contributed by atoms with Crippen LogP contribution in [0.1, 0.15) is 33.1 Å². The quantitative estimate of drug-likeness (QED) is 0.710. The number of carbonyl (C=O) groups excluding carboxylic acids is 1. The average molecular weight is 316 g/mol. The van der Waals surface area contributed by atoms with Crippen molar-refractivity contribution in [3.8, 4) is 0 Å². The molecule has 21 heavy (non-hydrogen) atoms. The van der Waals surface area contributed by atoms with Crippen molar-refractivity contribution in [2.45, 2.75) is 49.8 Å². The minimum Gasteiger partial charge on any atom is -0.328 e. The first-order chi connectivity index (χ1) is 9.88. The third-order valence-corrected chi connectivity index (χ3v) is 3.81. The van der Waals surface area contributed by atoms with E-state index in [1.807, 2.05) is 13.8 Å². The Morgan fingerprint density at radius 1 is 1.24 bits per heavy atom. The molecule has 0 fully saturated rings. The predicted molar refractivity (Wildman–Crippen MR) is 83.6 cm³/mol. The number of benzene rings is 1. The summed E-state index contributed by atoms with van der Waals surface area (Å²) in [5.74, 6) is -2.59. The Bertz CT molecular complexity index is 438. The molecule has 0 bridgehead atoms. The molecule has 3 nitrogen and oxygen atoms in total. The highest BCUT2D eigenvalue weighted by Gasteiger charge is 2.13. The lowest BCUT2D eigenvalue weighted by Crippen LogP contribution is -2.21. The third-order valence-electron chi connectivity index (χ3n) is 3.09. The fraction of sp³-hybridized carbons (Fsp3) is 0.533. The van der Waals surface area contributed by atoms with Crippen molar-refractivity contribution in [3.63, 3.8) is 0 Å². The number of thioether (sulfide) groups is 1. The maximum Gasteiger partial charge on any atom is 0.288 e. The van der Waals surface area contributed by atoms with Gasteiger partial charge >= 0.3 is 0 Å². The number of rotatable bonds is 8. The molecule has 3 N–H and O–H groups in total. The zero-order valence-electron chi connectivity index (χ0n) is 12.3. The predicted octanol–water partition coefficient (Wildman–Crippen LogP) is 4.09. The van der Waals surface area contributed by atoms with E-state index in [2.05, 4.69) is 5.32 Å². The van der Waals surface area contributed by atoms with E-state index in [1.165, 1.54) is 0 Å². The summed E-state index contributed by atoms with van der Waals surface area (Å²) in [5, 5.41) is 2.79. The van der Waals surface area contributed by atoms with Crippen molar-refractivity contribution < 1.29 is 13.6 Å². The highest BCUT2D eigenvalue weighted by atomic mass is 32.2. The molecule has 0 radical (unpaired) electrons. The molecule has 1 amide bonds. The summed E-state index contributed by atoms with van der Waals surface area (Å²) in [7, 11) is 0. The SMILES string of the molecule is CC(N)CCCC(C)C(=O)Nc1ccc(SC(F)F)cc1. The average Bonchev–Trinajstić information content (AvgIpc) is 2.39. The van der Waals surface area contributed by atoms with Crippen LogP contribution in [0, 0.1) is 5.92 Å². The molecule has 0 aliphatic heterocycles. The molecule has 6 heteroatoms. The second kappa shape index (κ2) is 9.00. The van der Waals surface area contributed by atoms with E-state index < -0.39 is 5.76 Å². The Balaban J connectivity index is 2.43. The topological polar surface area (TPSA) is 55.1 Å². The van der Waals surface area contributed by atoms with Crippen LogP contribution in [-0.4, -0.2) is 17.7 Å². The van der Waals surface area contributed by atoms with Gasteiger partial charge in [0.05, 0.1) is 0 Å². The van der Waals surface area contributed by atoms with E-state index in [1.54, 1.807) is 24.3 Å². The monoisotopic (exact) mass is 316 g/mol. The molecule has 0 spiro atoms. The van der Waals surface area contributed by atoms with Gasteiger partial charge in [-0.05, 0) is 44.0 Å². The lowest BCUT2D eigenvalue weighted by molar-refractivity contribution is -0.119. The maximum absolute atomic E-state index is 12.2. The molecule has 0 saturated carbocycles. The summed E-state index contributed by atoms with van der Waals surface area (Å²) in [6.07, 6.45) is 2.60. The summed E-state index contributed by atoms with van der Waals surface area (Å²) in [6, 6.07) is 6.58. The van der Waals surface area contributed by atoms with Gasteiger partial charge in [0.25, 0.3) is 5.76 Å². The molecular weight excluding hydrogens is 294 g/mol. The highest BCUT2D eigenvalue weighted by molar-refractivity contribution is 7.99. The largest absolute Gasteiger partial charge is 0.328 e. The van der Waals surface area contributed by atoms with Crippen LogP contribution in [0.3, 0.4) is 0 Å². The number of hydrogen-bond acceptors (Lipinski definition) is 3. The summed E-state index contributed by atoms with van der Waals surface area (Å²) >= 11 is 0.488. The molecule has 2 atom stereocenters. The number of carbonyl (C=O) groups is 1. The summed E-state index contributed by atoms with van der Waals surface area (Å²) in [5.41, 5.74) is 6.29. The van der Waals surface area contributed by atoms with E-state index >= 15 is 0 Å². The lowest BCUT2D eigenvalue weighted by atomic mass is 10.0. The fourth-order valence-corrected chi connectivity index (χ4v) is 2.36. The van der Waals surface area contributed by atoms with Gasteiger partial charge in [0.15, 0.2) is 0 Å². The van der Waals surface area contributed by atoms with E-state index in [0.29, 0.717) is 22.3 Å². The minimum absolute atomic E-state index is 0.0612. The van der Waals surface area contributed by atoms with Crippen molar-refractivity contribution in [1.82, 2.24) is 0 Å². The van der Waals surface area contributed by atoms with Crippen molar-refractivity contribution in [1.29, 1.82) is 0 Å². The van der Waals surface area contributed by atoms with Gasteiger partial charge in [0.2, 0.25) is 5.91 Å². The van der Waals surface area contributed by atoms with Crippen LogP contribution in [0.2, 0.25) is 0 Å². The van der Waals surface area contributed by atoms with Crippen LogP contribution >= 0.6 is 11.8 Å². The second-order valence-electron chi connectivity index (χ2n) is 5.20. The van der Waals surface area contributed by atoms with Gasteiger partial charge in [-0.25, -0.2) is 0 Å². The second-order valence-corrected chi connectivity index (χ2v) is 6.26. The van der Waals surface area contributed by atoms with Crippen LogP contribution in [0.15, 0.2) is 29.2 Å². The van der Waals surface area contributed by atoms with Gasteiger partial charge in [-0.2, -0.15) is 8.78 Å². The summed E-state index contributed by atoms with van der Waals surface area (Å²) in [4.78, 5) is 12.5. The van der Waals surface area contributed by atoms with Gasteiger partial charge in [-0.3, -0.25) is 4.79 Å². The third kappa shape index (κ3) is 7.43. The minimum atomic E-state index is -2.43. The number of anilines is 1. The Hall–Kier alpha value is -1.14. The number of hydrogen-bond donors (Lipinski definition) is 2. The molecule has 118 valence electrons. The lowest BCUT2D eigenvalue weighted by Gasteiger charge is -2.13. The normalized spacial score (nSPS) is 14.0. The van der Waals surface area contributed by atoms with Gasteiger partial charge in [0.1, 0.15) is 0 Å². The maximum atomic E-state index is 12.2. The number of nitrogens with two attached hydrogens (primary N) is 1. The van der Waals surface area contributed by atoms with Gasteiger partial charge in [-0.1, -0.05) is 25.1 Å². The van der Waals surface area contributed by atoms with Crippen LogP contribution in [0.25, 0.3) is 0 Å². The molecular formula is C15H22F2N2OS. The first kappa shape index (κ1) is 17.9. The molecule has 0 aromatic heterocycles. The van der Waals surface area contributed by atoms with Crippen LogP contribution < -0.4 is 11.1 Å². The van der Waals surface area contributed by atoms with Crippen LogP contribution in [-0.2, 0) is 4.79 Å². The molecule has 0 aliphatic rings. The van der Waals surface area contributed by atoms with Gasteiger partial charge in [-0.15, -0.1) is 0 Å². The zero-order valence-corrected chi connectivity index (χ0v) is 13.1. The number of halogens is 2. The van der Waals surface area contributed by atoms with E-state index in [-0.39, 0.29) is 17.9 Å². The zero-order chi connectivity index (χ0) is 15.8. The first-order valence-corrected chi connectivity index (χ1v) is 7.87. The van der Waals surface area contributed by atoms with Gasteiger partial charge < -0.3 is 11.1 Å². The number of amides is 1. The Labute approximate surface area is 128 Å². The highest BCUT2D eigenvalue weighted by Crippen LogP contribution is 2.26. The Morgan fingerprint density at radius 2 is 1.86 bits per heavy atom. The van der Waals surface area contributed by atoms with Crippen molar-refractivity contribution in [3.05, 3.63) is 24.3 Å². The molecule has 0 heterocycles. The number of nitrogens with one attached hydrogen (secondary N) is 1. The van der Waals surface area contributed by atoms with Crippen LogP contribution in [0.5, 0.6) is 0 Å². The summed E-state index contributed by atoms with van der Waals surface area (Å²) in [6.45, 7) is 3.82. The molecule has 1 aromatic carbocycles. The molecule has 0 saturated heterocycles. The van der Waals surface area contributed by atoms with Crippen molar-refractivity contribution in [2.75, 3.05) is 5.32 Å². The summed E-state index contributed by atoms with van der Waals surface area (Å²) < 4.78 is 24.4. The molecule has 0 aliphatic carbocycles.